The van der Waals surface area contributed by atoms with Crippen LogP contribution in [0.5, 0.6) is 0 Å². The molecule has 1 aromatic heterocycles. The lowest BCUT2D eigenvalue weighted by atomic mass is 10.2. The maximum atomic E-state index is 12.9. The fourth-order valence-corrected chi connectivity index (χ4v) is 4.45. The van der Waals surface area contributed by atoms with Crippen LogP contribution < -0.4 is 0 Å². The van der Waals surface area contributed by atoms with Gasteiger partial charge < -0.3 is 0 Å². The number of nitro benzene ring substituents is 1. The molecule has 0 aliphatic heterocycles. The van der Waals surface area contributed by atoms with E-state index in [0.717, 1.165) is 12.1 Å². The Morgan fingerprint density at radius 3 is 2.48 bits per heavy atom. The zero-order valence-electron chi connectivity index (χ0n) is 12.9. The minimum absolute atomic E-state index is 0.128. The molecule has 0 atom stereocenters. The molecule has 0 aliphatic rings. The summed E-state index contributed by atoms with van der Waals surface area (Å²) < 4.78 is 64.4. The highest BCUT2D eigenvalue weighted by atomic mass is 32.2. The van der Waals surface area contributed by atoms with Crippen molar-refractivity contribution >= 4 is 27.0 Å². The maximum Gasteiger partial charge on any atom is 0.402 e. The molecule has 6 nitrogen and oxygen atoms in total. The van der Waals surface area contributed by atoms with Crippen molar-refractivity contribution in [3.8, 4) is 0 Å². The van der Waals surface area contributed by atoms with Crippen molar-refractivity contribution < 1.29 is 26.5 Å². The molecule has 136 valence electrons. The summed E-state index contributed by atoms with van der Waals surface area (Å²) in [6.07, 6.45) is -4.75. The molecule has 0 fully saturated rings. The highest BCUT2D eigenvalue weighted by Gasteiger charge is 2.38. The summed E-state index contributed by atoms with van der Waals surface area (Å²) in [6, 6.07) is 4.59. The maximum absolute atomic E-state index is 12.9. The molecule has 0 saturated carbocycles. The minimum atomic E-state index is -4.75. The average molecular weight is 394 g/mol. The van der Waals surface area contributed by atoms with Crippen LogP contribution in [0.2, 0.25) is 0 Å². The third kappa shape index (κ3) is 4.77. The molecule has 0 radical (unpaired) electrons. The molecule has 2 rings (SSSR count). The van der Waals surface area contributed by atoms with Crippen molar-refractivity contribution in [2.75, 3.05) is 6.54 Å². The van der Waals surface area contributed by atoms with Crippen LogP contribution in [0.3, 0.4) is 0 Å². The number of rotatable bonds is 6. The van der Waals surface area contributed by atoms with E-state index in [1.54, 1.807) is 10.8 Å². The van der Waals surface area contributed by atoms with Gasteiger partial charge in [-0.05, 0) is 34.9 Å². The number of thiophene rings is 1. The summed E-state index contributed by atoms with van der Waals surface area (Å²) in [7, 11) is -4.58. The Morgan fingerprint density at radius 1 is 1.28 bits per heavy atom. The van der Waals surface area contributed by atoms with Gasteiger partial charge in [0.25, 0.3) is 5.69 Å². The van der Waals surface area contributed by atoms with Crippen LogP contribution in [0.15, 0.2) is 39.9 Å². The normalized spacial score (nSPS) is 12.5. The predicted molar refractivity (Wildman–Crippen MR) is 85.8 cm³/mol. The molecule has 0 aliphatic carbocycles. The van der Waals surface area contributed by atoms with Crippen LogP contribution >= 0.6 is 11.3 Å². The van der Waals surface area contributed by atoms with Crippen molar-refractivity contribution in [2.24, 2.45) is 0 Å². The number of non-ortho nitro benzene ring substituents is 1. The highest BCUT2D eigenvalue weighted by molar-refractivity contribution is 7.89. The molecule has 2 aromatic rings. The van der Waals surface area contributed by atoms with Gasteiger partial charge in [-0.3, -0.25) is 10.1 Å². The number of alkyl halides is 3. The molecule has 0 amide bonds. The summed E-state index contributed by atoms with van der Waals surface area (Å²) >= 11 is 1.22. The Balaban J connectivity index is 2.50. The van der Waals surface area contributed by atoms with E-state index in [2.05, 4.69) is 0 Å². The summed E-state index contributed by atoms with van der Waals surface area (Å²) in [4.78, 5) is 9.55. The molecule has 0 unspecified atom stereocenters. The average Bonchev–Trinajstić information content (AvgIpc) is 2.98. The van der Waals surface area contributed by atoms with Gasteiger partial charge >= 0.3 is 6.18 Å². The second kappa shape index (κ2) is 7.10. The van der Waals surface area contributed by atoms with Gasteiger partial charge in [-0.15, -0.1) is 0 Å². The fourth-order valence-electron chi connectivity index (χ4n) is 2.13. The molecule has 11 heteroatoms. The zero-order valence-corrected chi connectivity index (χ0v) is 14.5. The Labute approximate surface area is 145 Å². The molecule has 0 bridgehead atoms. The monoisotopic (exact) mass is 394 g/mol. The number of hydrogen-bond donors (Lipinski definition) is 0. The van der Waals surface area contributed by atoms with Crippen molar-refractivity contribution in [2.45, 2.75) is 24.5 Å². The fraction of sp³-hybridized carbons (Fsp3) is 0.286. The Hall–Kier alpha value is -1.98. The number of aryl methyl sites for hydroxylation is 1. The van der Waals surface area contributed by atoms with Gasteiger partial charge in [0, 0.05) is 18.7 Å². The summed E-state index contributed by atoms with van der Waals surface area (Å²) in [5.41, 5.74) is 0.0238. The van der Waals surface area contributed by atoms with Gasteiger partial charge in [-0.1, -0.05) is 6.07 Å². The standard InChI is InChI=1S/C14H13F3N2O4S2/c1-10-2-3-12(19(20)21)6-13(10)25(22,23)18(9-14(15,16)17)7-11-4-5-24-8-11/h2-6,8H,7,9H2,1H3. The van der Waals surface area contributed by atoms with Gasteiger partial charge in [-0.2, -0.15) is 28.8 Å². The van der Waals surface area contributed by atoms with Crippen LogP contribution in [-0.4, -0.2) is 30.4 Å². The lowest BCUT2D eigenvalue weighted by Gasteiger charge is -2.23. The van der Waals surface area contributed by atoms with Gasteiger partial charge in [0.1, 0.15) is 6.54 Å². The lowest BCUT2D eigenvalue weighted by molar-refractivity contribution is -0.385. The molecule has 25 heavy (non-hydrogen) atoms. The number of hydrogen-bond acceptors (Lipinski definition) is 5. The lowest BCUT2D eigenvalue weighted by Crippen LogP contribution is -2.38. The van der Waals surface area contributed by atoms with Crippen LogP contribution in [0, 0.1) is 17.0 Å². The van der Waals surface area contributed by atoms with Crippen molar-refractivity contribution in [1.82, 2.24) is 4.31 Å². The first-order valence-corrected chi connectivity index (χ1v) is 9.22. The van der Waals surface area contributed by atoms with E-state index in [1.807, 2.05) is 0 Å². The van der Waals surface area contributed by atoms with Crippen LogP contribution in [-0.2, 0) is 16.6 Å². The molecule has 0 spiro atoms. The summed E-state index contributed by atoms with van der Waals surface area (Å²) in [5, 5.41) is 14.0. The SMILES string of the molecule is Cc1ccc([N+](=O)[O-])cc1S(=O)(=O)N(Cc1ccsc1)CC(F)(F)F. The van der Waals surface area contributed by atoms with E-state index in [9.17, 15) is 31.7 Å². The summed E-state index contributed by atoms with van der Waals surface area (Å²) in [6.45, 7) is -0.798. The molecule has 1 aromatic carbocycles. The molecule has 0 saturated heterocycles. The number of sulfonamides is 1. The zero-order chi connectivity index (χ0) is 18.8. The first-order chi connectivity index (χ1) is 11.5. The van der Waals surface area contributed by atoms with E-state index in [-0.39, 0.29) is 9.87 Å². The Morgan fingerprint density at radius 2 is 1.96 bits per heavy atom. The predicted octanol–water partition coefficient (Wildman–Crippen LogP) is 3.72. The second-order valence-corrected chi connectivity index (χ2v) is 7.91. The van der Waals surface area contributed by atoms with E-state index in [4.69, 9.17) is 0 Å². The van der Waals surface area contributed by atoms with Crippen LogP contribution in [0.4, 0.5) is 18.9 Å². The number of nitrogens with zero attached hydrogens (tertiary/aromatic N) is 2. The van der Waals surface area contributed by atoms with Gasteiger partial charge in [0.2, 0.25) is 10.0 Å². The Bertz CT molecular complexity index is 865. The quantitative estimate of drug-likeness (QED) is 0.552. The Kier molecular flexibility index (Phi) is 5.49. The van der Waals surface area contributed by atoms with E-state index >= 15 is 0 Å². The van der Waals surface area contributed by atoms with Gasteiger partial charge in [0.05, 0.1) is 9.82 Å². The number of halogens is 3. The topological polar surface area (TPSA) is 80.5 Å². The third-order valence-electron chi connectivity index (χ3n) is 3.30. The molecule has 0 N–H and O–H groups in total. The van der Waals surface area contributed by atoms with E-state index in [0.29, 0.717) is 5.56 Å². The van der Waals surface area contributed by atoms with Crippen LogP contribution in [0.25, 0.3) is 0 Å². The molecular weight excluding hydrogens is 381 g/mol. The molecule has 1 heterocycles. The highest BCUT2D eigenvalue weighted by Crippen LogP contribution is 2.29. The largest absolute Gasteiger partial charge is 0.402 e. The van der Waals surface area contributed by atoms with E-state index < -0.39 is 44.8 Å². The molecular formula is C14H13F3N2O4S2. The van der Waals surface area contributed by atoms with E-state index in [1.165, 1.54) is 30.4 Å². The first-order valence-electron chi connectivity index (χ1n) is 6.84. The number of nitro groups is 1. The van der Waals surface area contributed by atoms with Gasteiger partial charge in [-0.25, -0.2) is 8.42 Å². The first kappa shape index (κ1) is 19.3. The third-order valence-corrected chi connectivity index (χ3v) is 5.96. The smallest absolute Gasteiger partial charge is 0.258 e. The summed E-state index contributed by atoms with van der Waals surface area (Å²) in [5.74, 6) is 0. The number of benzene rings is 1. The second-order valence-electron chi connectivity index (χ2n) is 5.23. The van der Waals surface area contributed by atoms with Crippen molar-refractivity contribution in [3.05, 3.63) is 56.3 Å². The van der Waals surface area contributed by atoms with Gasteiger partial charge in [0.15, 0.2) is 0 Å². The van der Waals surface area contributed by atoms with Crippen molar-refractivity contribution in [3.63, 3.8) is 0 Å². The minimum Gasteiger partial charge on any atom is -0.258 e. The van der Waals surface area contributed by atoms with Crippen LogP contribution in [0.1, 0.15) is 11.1 Å². The van der Waals surface area contributed by atoms with Crippen molar-refractivity contribution in [1.29, 1.82) is 0 Å².